The second-order valence-electron chi connectivity index (χ2n) is 6.18. The van der Waals surface area contributed by atoms with Gasteiger partial charge in [0.2, 0.25) is 0 Å². The minimum absolute atomic E-state index is 0.119. The largest absolute Gasteiger partial charge is 0.300 e. The van der Waals surface area contributed by atoms with Crippen LogP contribution in [0.2, 0.25) is 5.02 Å². The summed E-state index contributed by atoms with van der Waals surface area (Å²) in [5.41, 5.74) is 3.22. The molecule has 0 saturated heterocycles. The van der Waals surface area contributed by atoms with Crippen LogP contribution in [0.3, 0.4) is 0 Å². The maximum atomic E-state index is 13.1. The molecular formula is C19H18ClNO3S. The fourth-order valence-electron chi connectivity index (χ4n) is 2.82. The number of nitrogens with zero attached hydrogens (tertiary/aromatic N) is 1. The first-order valence-corrected chi connectivity index (χ1v) is 9.93. The molecule has 0 saturated carbocycles. The van der Waals surface area contributed by atoms with Crippen molar-refractivity contribution in [1.82, 2.24) is 0 Å². The first kappa shape index (κ1) is 17.7. The summed E-state index contributed by atoms with van der Waals surface area (Å²) in [5.74, 6) is -0.399. The third kappa shape index (κ3) is 3.78. The molecule has 0 spiro atoms. The van der Waals surface area contributed by atoms with E-state index in [0.717, 1.165) is 11.1 Å². The van der Waals surface area contributed by atoms with Gasteiger partial charge in [-0.25, -0.2) is 8.42 Å². The summed E-state index contributed by atoms with van der Waals surface area (Å²) in [5, 5.41) is 1.64. The molecule has 1 aliphatic heterocycles. The second kappa shape index (κ2) is 6.65. The molecule has 25 heavy (non-hydrogen) atoms. The lowest BCUT2D eigenvalue weighted by atomic mass is 10.1. The standard InChI is InChI=1S/C19H18ClNO3S/c1-13-6-7-17(10-14(13)2)21(18-8-9-25(23,24)12-18)19(22)15-4-3-5-16(20)11-15/h3-11,18H,12H2,1-2H3/t18-/m1/s1. The molecule has 0 fully saturated rings. The van der Waals surface area contributed by atoms with Crippen molar-refractivity contribution in [3.05, 3.63) is 75.7 Å². The van der Waals surface area contributed by atoms with Gasteiger partial charge in [0.15, 0.2) is 9.84 Å². The Morgan fingerprint density at radius 3 is 2.48 bits per heavy atom. The smallest absolute Gasteiger partial charge is 0.258 e. The van der Waals surface area contributed by atoms with Gasteiger partial charge in [0.1, 0.15) is 0 Å². The molecule has 0 aromatic heterocycles. The van der Waals surface area contributed by atoms with Crippen molar-refractivity contribution in [3.8, 4) is 0 Å². The van der Waals surface area contributed by atoms with Gasteiger partial charge in [0.05, 0.1) is 11.8 Å². The average molecular weight is 376 g/mol. The van der Waals surface area contributed by atoms with Crippen molar-refractivity contribution in [2.45, 2.75) is 19.9 Å². The lowest BCUT2D eigenvalue weighted by molar-refractivity contribution is 0.0983. The zero-order valence-corrected chi connectivity index (χ0v) is 15.5. The maximum Gasteiger partial charge on any atom is 0.258 e. The minimum atomic E-state index is -3.29. The minimum Gasteiger partial charge on any atom is -0.300 e. The molecule has 2 aromatic rings. The molecule has 0 aliphatic carbocycles. The zero-order valence-electron chi connectivity index (χ0n) is 13.9. The van der Waals surface area contributed by atoms with Gasteiger partial charge in [-0.15, -0.1) is 0 Å². The maximum absolute atomic E-state index is 13.1. The van der Waals surface area contributed by atoms with Gasteiger partial charge in [-0.2, -0.15) is 0 Å². The molecule has 4 nitrogen and oxygen atoms in total. The van der Waals surface area contributed by atoms with Gasteiger partial charge < -0.3 is 4.90 Å². The molecule has 130 valence electrons. The predicted molar refractivity (Wildman–Crippen MR) is 101 cm³/mol. The lowest BCUT2D eigenvalue weighted by Gasteiger charge is -2.28. The Balaban J connectivity index is 2.07. The molecule has 1 amide bonds. The molecule has 1 aliphatic rings. The summed E-state index contributed by atoms with van der Waals surface area (Å²) in [6, 6.07) is 11.8. The van der Waals surface area contributed by atoms with Crippen LogP contribution < -0.4 is 4.90 Å². The summed E-state index contributed by atoms with van der Waals surface area (Å²) >= 11 is 6.01. The Labute approximate surface area is 152 Å². The zero-order chi connectivity index (χ0) is 18.2. The highest BCUT2D eigenvalue weighted by atomic mass is 35.5. The van der Waals surface area contributed by atoms with Gasteiger partial charge in [-0.3, -0.25) is 4.79 Å². The molecular weight excluding hydrogens is 358 g/mol. The molecule has 0 bridgehead atoms. The fraction of sp³-hybridized carbons (Fsp3) is 0.211. The van der Waals surface area contributed by atoms with Gasteiger partial charge in [-0.1, -0.05) is 23.7 Å². The summed E-state index contributed by atoms with van der Waals surface area (Å²) in [6.45, 7) is 3.95. The Kier molecular flexibility index (Phi) is 4.71. The van der Waals surface area contributed by atoms with Crippen LogP contribution in [0.4, 0.5) is 5.69 Å². The number of carbonyl (C=O) groups excluding carboxylic acids is 1. The van der Waals surface area contributed by atoms with Gasteiger partial charge in [-0.05, 0) is 61.4 Å². The first-order chi connectivity index (χ1) is 11.8. The Morgan fingerprint density at radius 1 is 1.12 bits per heavy atom. The van der Waals surface area contributed by atoms with E-state index in [0.29, 0.717) is 16.3 Å². The number of sulfone groups is 1. The number of carbonyl (C=O) groups is 1. The van der Waals surface area contributed by atoms with Crippen LogP contribution in [-0.2, 0) is 9.84 Å². The number of anilines is 1. The molecule has 1 heterocycles. The van der Waals surface area contributed by atoms with E-state index >= 15 is 0 Å². The third-order valence-corrected chi connectivity index (χ3v) is 5.91. The number of amides is 1. The van der Waals surface area contributed by atoms with Crippen LogP contribution in [0.15, 0.2) is 53.9 Å². The van der Waals surface area contributed by atoms with E-state index in [2.05, 4.69) is 0 Å². The monoisotopic (exact) mass is 375 g/mol. The number of hydrogen-bond donors (Lipinski definition) is 0. The molecule has 1 atom stereocenters. The van der Waals surface area contributed by atoms with E-state index in [1.807, 2.05) is 32.0 Å². The van der Waals surface area contributed by atoms with Crippen LogP contribution in [0, 0.1) is 13.8 Å². The Bertz CT molecular complexity index is 966. The van der Waals surface area contributed by atoms with E-state index in [-0.39, 0.29) is 11.7 Å². The molecule has 2 aromatic carbocycles. The van der Waals surface area contributed by atoms with Crippen molar-refractivity contribution >= 4 is 33.0 Å². The van der Waals surface area contributed by atoms with E-state index in [1.165, 1.54) is 10.3 Å². The van der Waals surface area contributed by atoms with Crippen molar-refractivity contribution in [2.75, 3.05) is 10.7 Å². The first-order valence-electron chi connectivity index (χ1n) is 7.84. The molecule has 3 rings (SSSR count). The lowest BCUT2D eigenvalue weighted by Crippen LogP contribution is -2.41. The summed E-state index contributed by atoms with van der Waals surface area (Å²) in [6.07, 6.45) is 1.56. The highest BCUT2D eigenvalue weighted by Gasteiger charge is 2.32. The second-order valence-corrected chi connectivity index (χ2v) is 8.55. The third-order valence-electron chi connectivity index (χ3n) is 4.30. The predicted octanol–water partition coefficient (Wildman–Crippen LogP) is 3.91. The van der Waals surface area contributed by atoms with E-state index in [4.69, 9.17) is 11.6 Å². The summed E-state index contributed by atoms with van der Waals surface area (Å²) in [4.78, 5) is 14.7. The fourth-order valence-corrected chi connectivity index (χ4v) is 4.27. The normalized spacial score (nSPS) is 18.3. The topological polar surface area (TPSA) is 54.5 Å². The molecule has 6 heteroatoms. The van der Waals surface area contributed by atoms with Crippen LogP contribution in [-0.4, -0.2) is 26.1 Å². The van der Waals surface area contributed by atoms with Crippen LogP contribution in [0.25, 0.3) is 0 Å². The molecule has 0 radical (unpaired) electrons. The number of rotatable bonds is 3. The van der Waals surface area contributed by atoms with Gasteiger partial charge in [0, 0.05) is 21.7 Å². The number of halogens is 1. The summed E-state index contributed by atoms with van der Waals surface area (Å²) < 4.78 is 23.7. The average Bonchev–Trinajstić information content (AvgIpc) is 2.90. The molecule has 0 unspecified atom stereocenters. The number of benzene rings is 2. The van der Waals surface area contributed by atoms with Crippen LogP contribution >= 0.6 is 11.6 Å². The Hall–Kier alpha value is -2.11. The van der Waals surface area contributed by atoms with Gasteiger partial charge in [0.25, 0.3) is 5.91 Å². The van der Waals surface area contributed by atoms with Crippen LogP contribution in [0.5, 0.6) is 0 Å². The van der Waals surface area contributed by atoms with Crippen molar-refractivity contribution < 1.29 is 13.2 Å². The van der Waals surface area contributed by atoms with Crippen molar-refractivity contribution in [2.24, 2.45) is 0 Å². The van der Waals surface area contributed by atoms with Crippen molar-refractivity contribution in [3.63, 3.8) is 0 Å². The van der Waals surface area contributed by atoms with E-state index < -0.39 is 15.9 Å². The van der Waals surface area contributed by atoms with Crippen molar-refractivity contribution in [1.29, 1.82) is 0 Å². The van der Waals surface area contributed by atoms with E-state index in [1.54, 1.807) is 30.3 Å². The van der Waals surface area contributed by atoms with Crippen LogP contribution in [0.1, 0.15) is 21.5 Å². The highest BCUT2D eigenvalue weighted by Crippen LogP contribution is 2.27. The Morgan fingerprint density at radius 2 is 1.88 bits per heavy atom. The summed E-state index contributed by atoms with van der Waals surface area (Å²) in [7, 11) is -3.29. The van der Waals surface area contributed by atoms with Gasteiger partial charge >= 0.3 is 0 Å². The highest BCUT2D eigenvalue weighted by molar-refractivity contribution is 7.94. The SMILES string of the molecule is Cc1ccc(N(C(=O)c2cccc(Cl)c2)[C@@H]2C=CS(=O)(=O)C2)cc1C. The molecule has 0 N–H and O–H groups in total. The number of aryl methyl sites for hydroxylation is 2. The number of hydrogen-bond acceptors (Lipinski definition) is 3. The quantitative estimate of drug-likeness (QED) is 0.817. The van der Waals surface area contributed by atoms with E-state index in [9.17, 15) is 13.2 Å².